The first-order chi connectivity index (χ1) is 12.6. The van der Waals surface area contributed by atoms with Gasteiger partial charge in [0.25, 0.3) is 0 Å². The summed E-state index contributed by atoms with van der Waals surface area (Å²) in [5.74, 6) is -1.39. The van der Waals surface area contributed by atoms with E-state index in [1.807, 2.05) is 6.92 Å². The minimum absolute atomic E-state index is 0.134. The summed E-state index contributed by atoms with van der Waals surface area (Å²) in [7, 11) is -3.50. The van der Waals surface area contributed by atoms with Gasteiger partial charge in [-0.15, -0.1) is 0 Å². The number of sulfonamides is 1. The number of aryl methyl sites for hydroxylation is 1. The molecule has 0 aliphatic heterocycles. The third-order valence-corrected chi connectivity index (χ3v) is 6.61. The van der Waals surface area contributed by atoms with Crippen LogP contribution in [0, 0.1) is 0 Å². The molecule has 1 amide bonds. The van der Waals surface area contributed by atoms with Crippen molar-refractivity contribution in [1.29, 1.82) is 0 Å². The van der Waals surface area contributed by atoms with E-state index in [9.17, 15) is 23.1 Å². The van der Waals surface area contributed by atoms with Gasteiger partial charge in [-0.25, -0.2) is 13.2 Å². The first kappa shape index (κ1) is 23.1. The second-order valence-electron chi connectivity index (χ2n) is 6.67. The minimum Gasteiger partial charge on any atom is -0.480 e. The quantitative estimate of drug-likeness (QED) is 0.596. The number of aliphatic carboxylic acids is 1. The molecule has 0 fully saturated rings. The molecule has 0 saturated carbocycles. The Morgan fingerprint density at radius 3 is 2.11 bits per heavy atom. The summed E-state index contributed by atoms with van der Waals surface area (Å²) in [5.41, 5.74) is -0.454. The average molecular weight is 399 g/mol. The number of carbonyl (C=O) groups excluding carboxylic acids is 1. The molecular weight excluding hydrogens is 368 g/mol. The van der Waals surface area contributed by atoms with Crippen molar-refractivity contribution in [3.8, 4) is 0 Å². The molecule has 0 spiro atoms. The van der Waals surface area contributed by atoms with E-state index >= 15 is 0 Å². The monoisotopic (exact) mass is 398 g/mol. The number of hydrogen-bond acceptors (Lipinski definition) is 4. The zero-order chi connectivity index (χ0) is 20.7. The molecule has 8 heteroatoms. The summed E-state index contributed by atoms with van der Waals surface area (Å²) in [4.78, 5) is 23.7. The van der Waals surface area contributed by atoms with E-state index in [0.29, 0.717) is 32.4 Å². The van der Waals surface area contributed by atoms with Crippen LogP contribution in [-0.2, 0) is 26.0 Å². The lowest BCUT2D eigenvalue weighted by Crippen LogP contribution is -2.52. The van der Waals surface area contributed by atoms with Crippen molar-refractivity contribution in [1.82, 2.24) is 9.62 Å². The second-order valence-corrected chi connectivity index (χ2v) is 8.61. The van der Waals surface area contributed by atoms with Crippen molar-refractivity contribution in [3.63, 3.8) is 0 Å². The van der Waals surface area contributed by atoms with Gasteiger partial charge in [-0.05, 0) is 37.5 Å². The van der Waals surface area contributed by atoms with Gasteiger partial charge in [-0.1, -0.05) is 39.3 Å². The smallest absolute Gasteiger partial charge is 0.329 e. The Morgan fingerprint density at radius 1 is 1.11 bits per heavy atom. The molecule has 0 bridgehead atoms. The fourth-order valence-electron chi connectivity index (χ4n) is 2.89. The van der Waals surface area contributed by atoms with Gasteiger partial charge in [-0.3, -0.25) is 4.79 Å². The number of benzene rings is 1. The number of carboxylic acid groups (broad SMARTS) is 1. The Hall–Kier alpha value is -1.93. The van der Waals surface area contributed by atoms with Gasteiger partial charge in [0.2, 0.25) is 15.9 Å². The van der Waals surface area contributed by atoms with E-state index in [1.165, 1.54) is 11.2 Å². The van der Waals surface area contributed by atoms with Crippen molar-refractivity contribution in [2.24, 2.45) is 0 Å². The highest BCUT2D eigenvalue weighted by atomic mass is 32.2. The van der Waals surface area contributed by atoms with Gasteiger partial charge in [0, 0.05) is 19.5 Å². The van der Waals surface area contributed by atoms with Crippen LogP contribution in [0.2, 0.25) is 0 Å². The Labute approximate surface area is 161 Å². The molecule has 2 N–H and O–H groups in total. The normalized spacial score (nSPS) is 14.0. The summed E-state index contributed by atoms with van der Waals surface area (Å²) in [6.45, 7) is 7.75. The molecule has 0 aromatic heterocycles. The lowest BCUT2D eigenvalue weighted by Gasteiger charge is -2.25. The first-order valence-electron chi connectivity index (χ1n) is 9.24. The molecule has 0 aliphatic rings. The molecule has 0 aliphatic carbocycles. The van der Waals surface area contributed by atoms with Crippen molar-refractivity contribution < 1.29 is 23.1 Å². The third-order valence-electron chi connectivity index (χ3n) is 4.54. The molecule has 27 heavy (non-hydrogen) atoms. The molecule has 152 valence electrons. The number of carbonyl (C=O) groups is 2. The molecule has 0 radical (unpaired) electrons. The Bertz CT molecular complexity index is 742. The van der Waals surface area contributed by atoms with Crippen molar-refractivity contribution in [2.75, 3.05) is 13.1 Å². The molecule has 1 rings (SSSR count). The minimum atomic E-state index is -3.50. The van der Waals surface area contributed by atoms with Crippen LogP contribution in [-0.4, -0.2) is 48.3 Å². The molecule has 1 unspecified atom stereocenters. The summed E-state index contributed by atoms with van der Waals surface area (Å²) in [6.07, 6.45) is 1.53. The number of rotatable bonds is 11. The molecular formula is C19H30N2O5S. The Balaban J connectivity index is 2.74. The van der Waals surface area contributed by atoms with Crippen molar-refractivity contribution in [3.05, 3.63) is 29.8 Å². The predicted molar refractivity (Wildman–Crippen MR) is 104 cm³/mol. The third kappa shape index (κ3) is 6.04. The van der Waals surface area contributed by atoms with Crippen LogP contribution in [0.25, 0.3) is 0 Å². The number of nitrogens with one attached hydrogen (secondary N) is 1. The van der Waals surface area contributed by atoms with Crippen molar-refractivity contribution >= 4 is 21.9 Å². The van der Waals surface area contributed by atoms with E-state index in [0.717, 1.165) is 5.56 Å². The largest absolute Gasteiger partial charge is 0.480 e. The Kier molecular flexibility index (Phi) is 8.43. The summed E-state index contributed by atoms with van der Waals surface area (Å²) < 4.78 is 26.3. The van der Waals surface area contributed by atoms with Crippen LogP contribution in [0.5, 0.6) is 0 Å². The molecule has 1 aromatic carbocycles. The topological polar surface area (TPSA) is 104 Å². The van der Waals surface area contributed by atoms with E-state index in [-0.39, 0.29) is 17.2 Å². The number of nitrogens with zero attached hydrogens (tertiary/aromatic N) is 1. The maximum Gasteiger partial charge on any atom is 0.329 e. The van der Waals surface area contributed by atoms with Gasteiger partial charge in [0.05, 0.1) is 4.90 Å². The van der Waals surface area contributed by atoms with Gasteiger partial charge < -0.3 is 10.4 Å². The van der Waals surface area contributed by atoms with E-state index in [1.54, 1.807) is 38.1 Å². The van der Waals surface area contributed by atoms with Gasteiger partial charge >= 0.3 is 5.97 Å². The average Bonchev–Trinajstić information content (AvgIpc) is 2.61. The lowest BCUT2D eigenvalue weighted by molar-refractivity contribution is -0.147. The zero-order valence-electron chi connectivity index (χ0n) is 16.5. The van der Waals surface area contributed by atoms with Crippen LogP contribution in [0.4, 0.5) is 0 Å². The summed E-state index contributed by atoms with van der Waals surface area (Å²) >= 11 is 0. The predicted octanol–water partition coefficient (Wildman–Crippen LogP) is 2.41. The van der Waals surface area contributed by atoms with E-state index < -0.39 is 21.5 Å². The zero-order valence-corrected chi connectivity index (χ0v) is 17.3. The first-order valence-corrected chi connectivity index (χ1v) is 10.7. The highest BCUT2D eigenvalue weighted by Crippen LogP contribution is 2.17. The van der Waals surface area contributed by atoms with Crippen LogP contribution in [0.15, 0.2) is 29.2 Å². The van der Waals surface area contributed by atoms with Gasteiger partial charge in [-0.2, -0.15) is 4.31 Å². The highest BCUT2D eigenvalue weighted by molar-refractivity contribution is 7.89. The molecule has 1 atom stereocenters. The fraction of sp³-hybridized carbons (Fsp3) is 0.579. The summed E-state index contributed by atoms with van der Waals surface area (Å²) in [6, 6.07) is 6.46. The van der Waals surface area contributed by atoms with E-state index in [2.05, 4.69) is 5.32 Å². The Morgan fingerprint density at radius 2 is 1.67 bits per heavy atom. The number of hydrogen-bond donors (Lipinski definition) is 2. The second kappa shape index (κ2) is 9.85. The maximum atomic E-state index is 12.5. The van der Waals surface area contributed by atoms with Crippen LogP contribution >= 0.6 is 0 Å². The standard InChI is InChI=1S/C19H30N2O5S/c1-5-14-19(4,18(23)24)20-17(22)13-10-15-8-11-16(12-9-15)27(25,26)21(6-2)7-3/h8-9,11-12H,5-7,10,13-14H2,1-4H3,(H,20,22)(H,23,24). The van der Waals surface area contributed by atoms with Crippen molar-refractivity contribution in [2.45, 2.75) is 63.8 Å². The van der Waals surface area contributed by atoms with Crippen LogP contribution in [0.3, 0.4) is 0 Å². The fourth-order valence-corrected chi connectivity index (χ4v) is 4.35. The van der Waals surface area contributed by atoms with Gasteiger partial charge in [0.15, 0.2) is 0 Å². The highest BCUT2D eigenvalue weighted by Gasteiger charge is 2.33. The number of carboxylic acids is 1. The maximum absolute atomic E-state index is 12.5. The SMILES string of the molecule is CCCC(C)(NC(=O)CCc1ccc(S(=O)(=O)N(CC)CC)cc1)C(=O)O. The number of amides is 1. The van der Waals surface area contributed by atoms with E-state index in [4.69, 9.17) is 0 Å². The van der Waals surface area contributed by atoms with Crippen LogP contribution < -0.4 is 5.32 Å². The van der Waals surface area contributed by atoms with Crippen LogP contribution in [0.1, 0.15) is 52.5 Å². The molecule has 7 nitrogen and oxygen atoms in total. The molecule has 0 saturated heterocycles. The lowest BCUT2D eigenvalue weighted by atomic mass is 9.96. The van der Waals surface area contributed by atoms with Gasteiger partial charge in [0.1, 0.15) is 5.54 Å². The molecule has 0 heterocycles. The molecule has 1 aromatic rings. The summed E-state index contributed by atoms with van der Waals surface area (Å²) in [5, 5.41) is 11.9.